The highest BCUT2D eigenvalue weighted by Gasteiger charge is 2.17. The zero-order valence-electron chi connectivity index (χ0n) is 15.7. The summed E-state index contributed by atoms with van der Waals surface area (Å²) in [6.07, 6.45) is 0. The molecule has 1 amide bonds. The van der Waals surface area contributed by atoms with Crippen molar-refractivity contribution in [2.75, 3.05) is 5.32 Å². The molecule has 4 aromatic rings. The molecule has 0 saturated heterocycles. The quantitative estimate of drug-likeness (QED) is 0.232. The Morgan fingerprint density at radius 2 is 1.72 bits per heavy atom. The number of hydrogen-bond donors (Lipinski definition) is 2. The van der Waals surface area contributed by atoms with E-state index in [0.29, 0.717) is 21.8 Å². The van der Waals surface area contributed by atoms with Crippen molar-refractivity contribution in [1.29, 1.82) is 0 Å². The van der Waals surface area contributed by atoms with Crippen molar-refractivity contribution in [3.8, 4) is 11.5 Å². The van der Waals surface area contributed by atoms with Crippen LogP contribution in [0.2, 0.25) is 15.1 Å². The maximum atomic E-state index is 13.6. The van der Waals surface area contributed by atoms with Gasteiger partial charge in [-0.05, 0) is 60.7 Å². The van der Waals surface area contributed by atoms with Gasteiger partial charge >= 0.3 is 0 Å². The van der Waals surface area contributed by atoms with Crippen LogP contribution in [0.5, 0.6) is 0 Å². The van der Waals surface area contributed by atoms with E-state index in [0.717, 1.165) is 12.1 Å². The minimum absolute atomic E-state index is 0.0118. The Morgan fingerprint density at radius 1 is 0.969 bits per heavy atom. The van der Waals surface area contributed by atoms with Gasteiger partial charge in [0.2, 0.25) is 5.89 Å². The SMILES string of the molecule is O=C(NC(=S)Nc1ccc2oc(-c3cc(F)c(F)cc3Cl)nc2c1)c1cc(Cl)ccc1Cl. The fourth-order valence-electron chi connectivity index (χ4n) is 2.81. The third kappa shape index (κ3) is 4.68. The summed E-state index contributed by atoms with van der Waals surface area (Å²) in [5.41, 5.74) is 1.56. The molecular formula is C21H10Cl3F2N3O2S. The number of nitrogens with zero attached hydrogens (tertiary/aromatic N) is 1. The van der Waals surface area contributed by atoms with Crippen LogP contribution in [0.3, 0.4) is 0 Å². The summed E-state index contributed by atoms with van der Waals surface area (Å²) in [4.78, 5) is 16.7. The van der Waals surface area contributed by atoms with Gasteiger partial charge in [0, 0.05) is 10.7 Å². The van der Waals surface area contributed by atoms with Gasteiger partial charge in [0.05, 0.1) is 21.2 Å². The number of thiocarbonyl (C=S) groups is 1. The highest BCUT2D eigenvalue weighted by molar-refractivity contribution is 7.80. The summed E-state index contributed by atoms with van der Waals surface area (Å²) in [6, 6.07) is 11.1. The normalized spacial score (nSPS) is 10.9. The lowest BCUT2D eigenvalue weighted by Crippen LogP contribution is -2.34. The van der Waals surface area contributed by atoms with Gasteiger partial charge in [0.1, 0.15) is 5.52 Å². The van der Waals surface area contributed by atoms with E-state index in [1.165, 1.54) is 12.1 Å². The van der Waals surface area contributed by atoms with Gasteiger partial charge in [0.25, 0.3) is 5.91 Å². The third-order valence-electron chi connectivity index (χ3n) is 4.29. The average Bonchev–Trinajstić information content (AvgIpc) is 3.15. The van der Waals surface area contributed by atoms with E-state index in [-0.39, 0.29) is 32.2 Å². The number of nitrogens with one attached hydrogen (secondary N) is 2. The predicted octanol–water partition coefficient (Wildman–Crippen LogP) is 6.86. The van der Waals surface area contributed by atoms with Crippen molar-refractivity contribution in [1.82, 2.24) is 10.3 Å². The van der Waals surface area contributed by atoms with Crippen molar-refractivity contribution < 1.29 is 18.0 Å². The Bertz CT molecular complexity index is 1390. The lowest BCUT2D eigenvalue weighted by molar-refractivity contribution is 0.0978. The first-order chi connectivity index (χ1) is 15.2. The minimum atomic E-state index is -1.07. The number of oxazole rings is 1. The zero-order valence-corrected chi connectivity index (χ0v) is 18.8. The molecule has 3 aromatic carbocycles. The summed E-state index contributed by atoms with van der Waals surface area (Å²) in [5.74, 6) is -2.66. The number of halogens is 5. The molecule has 0 radical (unpaired) electrons. The molecule has 0 unspecified atom stereocenters. The van der Waals surface area contributed by atoms with Gasteiger partial charge in [-0.2, -0.15) is 0 Å². The van der Waals surface area contributed by atoms with Crippen LogP contribution in [-0.4, -0.2) is 16.0 Å². The van der Waals surface area contributed by atoms with Crippen LogP contribution in [0.15, 0.2) is 52.9 Å². The molecule has 2 N–H and O–H groups in total. The van der Waals surface area contributed by atoms with Crippen molar-refractivity contribution in [2.45, 2.75) is 0 Å². The molecule has 4 rings (SSSR count). The lowest BCUT2D eigenvalue weighted by atomic mass is 10.2. The first-order valence-corrected chi connectivity index (χ1v) is 10.4. The smallest absolute Gasteiger partial charge is 0.258 e. The molecule has 162 valence electrons. The van der Waals surface area contributed by atoms with E-state index in [1.807, 2.05) is 0 Å². The predicted molar refractivity (Wildman–Crippen MR) is 125 cm³/mol. The first kappa shape index (κ1) is 22.4. The summed E-state index contributed by atoms with van der Waals surface area (Å²) in [6.45, 7) is 0. The number of fused-ring (bicyclic) bond motifs is 1. The van der Waals surface area contributed by atoms with Gasteiger partial charge in [0.15, 0.2) is 22.3 Å². The number of aromatic nitrogens is 1. The van der Waals surface area contributed by atoms with Gasteiger partial charge in [-0.15, -0.1) is 0 Å². The fourth-order valence-corrected chi connectivity index (χ4v) is 3.63. The number of carbonyl (C=O) groups excluding carboxylic acids is 1. The molecule has 0 aliphatic rings. The van der Waals surface area contributed by atoms with E-state index in [1.54, 1.807) is 24.3 Å². The van der Waals surface area contributed by atoms with Crippen LogP contribution in [0, 0.1) is 11.6 Å². The van der Waals surface area contributed by atoms with Gasteiger partial charge in [-0.25, -0.2) is 13.8 Å². The highest BCUT2D eigenvalue weighted by Crippen LogP contribution is 2.32. The maximum Gasteiger partial charge on any atom is 0.258 e. The van der Waals surface area contributed by atoms with Crippen LogP contribution in [0.1, 0.15) is 10.4 Å². The second-order valence-electron chi connectivity index (χ2n) is 6.48. The largest absolute Gasteiger partial charge is 0.436 e. The molecule has 11 heteroatoms. The van der Waals surface area contributed by atoms with Crippen LogP contribution in [0.4, 0.5) is 14.5 Å². The Labute approximate surface area is 200 Å². The van der Waals surface area contributed by atoms with Crippen LogP contribution in [0.25, 0.3) is 22.6 Å². The molecule has 32 heavy (non-hydrogen) atoms. The van der Waals surface area contributed by atoms with Crippen molar-refractivity contribution >= 4 is 74.8 Å². The Morgan fingerprint density at radius 3 is 2.50 bits per heavy atom. The molecule has 1 heterocycles. The number of hydrogen-bond acceptors (Lipinski definition) is 4. The summed E-state index contributed by atoms with van der Waals surface area (Å²) in [7, 11) is 0. The first-order valence-electron chi connectivity index (χ1n) is 8.84. The van der Waals surface area contributed by atoms with Crippen molar-refractivity contribution in [2.24, 2.45) is 0 Å². The Kier molecular flexibility index (Phi) is 6.30. The van der Waals surface area contributed by atoms with Crippen molar-refractivity contribution in [3.63, 3.8) is 0 Å². The molecule has 5 nitrogen and oxygen atoms in total. The molecule has 0 fully saturated rings. The summed E-state index contributed by atoms with van der Waals surface area (Å²) >= 11 is 23.1. The van der Waals surface area contributed by atoms with Gasteiger partial charge in [-0.1, -0.05) is 34.8 Å². The number of amides is 1. The monoisotopic (exact) mass is 511 g/mol. The average molecular weight is 513 g/mol. The zero-order chi connectivity index (χ0) is 23.0. The molecular weight excluding hydrogens is 503 g/mol. The maximum absolute atomic E-state index is 13.6. The summed E-state index contributed by atoms with van der Waals surface area (Å²) < 4.78 is 32.5. The number of anilines is 1. The van der Waals surface area contributed by atoms with Crippen LogP contribution in [-0.2, 0) is 0 Å². The molecule has 0 bridgehead atoms. The number of benzene rings is 3. The highest BCUT2D eigenvalue weighted by atomic mass is 35.5. The molecule has 0 atom stereocenters. The number of carbonyl (C=O) groups is 1. The fraction of sp³-hybridized carbons (Fsp3) is 0. The molecule has 0 aliphatic heterocycles. The Hall–Kier alpha value is -2.78. The Balaban J connectivity index is 1.53. The molecule has 1 aromatic heterocycles. The molecule has 0 saturated carbocycles. The van der Waals surface area contributed by atoms with Gasteiger partial charge in [-0.3, -0.25) is 10.1 Å². The van der Waals surface area contributed by atoms with E-state index >= 15 is 0 Å². The van der Waals surface area contributed by atoms with E-state index < -0.39 is 17.5 Å². The second-order valence-corrected chi connectivity index (χ2v) is 8.14. The standard InChI is InChI=1S/C21H10Cl3F2N3O2S/c22-9-1-3-13(23)11(5-9)19(30)29-21(32)27-10-2-4-18-17(6-10)28-20(31-18)12-7-15(25)16(26)8-14(12)24/h1-8H,(H2,27,29,30,32). The van der Waals surface area contributed by atoms with Crippen LogP contribution >= 0.6 is 47.0 Å². The van der Waals surface area contributed by atoms with Crippen LogP contribution < -0.4 is 10.6 Å². The molecule has 0 spiro atoms. The summed E-state index contributed by atoms with van der Waals surface area (Å²) in [5, 5.41) is 5.91. The van der Waals surface area contributed by atoms with E-state index in [4.69, 9.17) is 51.4 Å². The lowest BCUT2D eigenvalue weighted by Gasteiger charge is -2.10. The molecule has 0 aliphatic carbocycles. The minimum Gasteiger partial charge on any atom is -0.436 e. The third-order valence-corrected chi connectivity index (χ3v) is 5.37. The topological polar surface area (TPSA) is 67.2 Å². The van der Waals surface area contributed by atoms with E-state index in [2.05, 4.69) is 15.6 Å². The second kappa shape index (κ2) is 8.99. The number of rotatable bonds is 3. The van der Waals surface area contributed by atoms with E-state index in [9.17, 15) is 13.6 Å². The van der Waals surface area contributed by atoms with Gasteiger partial charge < -0.3 is 9.73 Å². The van der Waals surface area contributed by atoms with Crippen molar-refractivity contribution in [3.05, 3.63) is 80.8 Å².